The first kappa shape index (κ1) is 33.8. The first-order chi connectivity index (χ1) is 19.3. The molecule has 0 aliphatic heterocycles. The van der Waals surface area contributed by atoms with Crippen LogP contribution in [0.4, 0.5) is 10.1 Å². The van der Waals surface area contributed by atoms with Crippen LogP contribution in [0.25, 0.3) is 5.57 Å². The molecule has 0 atom stereocenters. The van der Waals surface area contributed by atoms with Gasteiger partial charge in [0.2, 0.25) is 6.41 Å². The second kappa shape index (κ2) is 18.9. The predicted molar refractivity (Wildman–Crippen MR) is 161 cm³/mol. The Morgan fingerprint density at radius 1 is 1.02 bits per heavy atom. The molecule has 0 saturated carbocycles. The van der Waals surface area contributed by atoms with Crippen molar-refractivity contribution in [1.29, 1.82) is 0 Å². The molecular weight excluding hydrogens is 507 g/mol. The van der Waals surface area contributed by atoms with Gasteiger partial charge in [-0.2, -0.15) is 0 Å². The largest absolute Gasteiger partial charge is 0.478 e. The maximum atomic E-state index is 13.0. The maximum Gasteiger partial charge on any atom is 0.335 e. The number of aliphatic carboxylic acids is 1. The van der Waals surface area contributed by atoms with Gasteiger partial charge in [0.1, 0.15) is 17.3 Å². The molecule has 0 aliphatic rings. The number of allylic oxidation sites excluding steroid dienone is 2. The first-order valence-corrected chi connectivity index (χ1v) is 13.6. The van der Waals surface area contributed by atoms with E-state index in [0.29, 0.717) is 35.7 Å². The van der Waals surface area contributed by atoms with Crippen LogP contribution in [-0.2, 0) is 16.0 Å². The molecule has 7 heteroatoms. The van der Waals surface area contributed by atoms with Crippen LogP contribution in [-0.4, -0.2) is 22.5 Å². The third-order valence-corrected chi connectivity index (χ3v) is 5.50. The summed E-state index contributed by atoms with van der Waals surface area (Å²) < 4.78 is 18.8. The molecule has 0 saturated heterocycles. The highest BCUT2D eigenvalue weighted by molar-refractivity contribution is 5.92. The summed E-state index contributed by atoms with van der Waals surface area (Å²) in [6, 6.07) is 15.7. The summed E-state index contributed by atoms with van der Waals surface area (Å²) in [6.07, 6.45) is 8.86. The van der Waals surface area contributed by atoms with E-state index in [0.717, 1.165) is 36.0 Å². The molecule has 3 aromatic rings. The highest BCUT2D eigenvalue weighted by Gasteiger charge is 2.10. The van der Waals surface area contributed by atoms with Gasteiger partial charge in [-0.15, -0.1) is 0 Å². The second-order valence-electron chi connectivity index (χ2n) is 8.58. The SMILES string of the molecule is C/C=C(\C=C(/CCC)c1cc(Oc2ccc(NC=O)cc2)ccn1)C(=O)O.CC.CCCc1cc(C)ccc1F. The maximum absolute atomic E-state index is 13.0. The van der Waals surface area contributed by atoms with Crippen LogP contribution in [0.1, 0.15) is 70.7 Å². The molecule has 0 bridgehead atoms. The Bertz CT molecular complexity index is 1270. The number of halogens is 1. The van der Waals surface area contributed by atoms with Crippen molar-refractivity contribution < 1.29 is 23.8 Å². The van der Waals surface area contributed by atoms with Crippen LogP contribution < -0.4 is 10.1 Å². The molecule has 40 heavy (non-hydrogen) atoms. The topological polar surface area (TPSA) is 88.5 Å². The number of benzene rings is 2. The minimum absolute atomic E-state index is 0.0718. The number of aryl methyl sites for hydroxylation is 2. The van der Waals surface area contributed by atoms with Gasteiger partial charge in [-0.3, -0.25) is 9.78 Å². The van der Waals surface area contributed by atoms with Crippen molar-refractivity contribution in [2.24, 2.45) is 0 Å². The smallest absolute Gasteiger partial charge is 0.335 e. The molecule has 0 unspecified atom stereocenters. The van der Waals surface area contributed by atoms with Gasteiger partial charge in [-0.25, -0.2) is 9.18 Å². The van der Waals surface area contributed by atoms with Crippen molar-refractivity contribution in [3.8, 4) is 11.5 Å². The number of carboxylic acid groups (broad SMARTS) is 1. The van der Waals surface area contributed by atoms with E-state index in [-0.39, 0.29) is 11.4 Å². The van der Waals surface area contributed by atoms with E-state index < -0.39 is 5.97 Å². The van der Waals surface area contributed by atoms with Crippen molar-refractivity contribution in [3.05, 3.63) is 101 Å². The summed E-state index contributed by atoms with van der Waals surface area (Å²) in [5.74, 6) is 0.166. The van der Waals surface area contributed by atoms with Gasteiger partial charge >= 0.3 is 5.97 Å². The van der Waals surface area contributed by atoms with Gasteiger partial charge in [0.15, 0.2) is 0 Å². The van der Waals surface area contributed by atoms with E-state index in [9.17, 15) is 19.1 Å². The van der Waals surface area contributed by atoms with Crippen molar-refractivity contribution in [2.45, 2.75) is 67.2 Å². The molecule has 1 heterocycles. The van der Waals surface area contributed by atoms with Gasteiger partial charge in [0, 0.05) is 18.0 Å². The highest BCUT2D eigenvalue weighted by Crippen LogP contribution is 2.27. The molecule has 214 valence electrons. The quantitative estimate of drug-likeness (QED) is 0.142. The van der Waals surface area contributed by atoms with Crippen molar-refractivity contribution in [2.75, 3.05) is 5.32 Å². The van der Waals surface area contributed by atoms with Gasteiger partial charge in [0.25, 0.3) is 0 Å². The van der Waals surface area contributed by atoms with E-state index in [1.54, 1.807) is 73.8 Å². The van der Waals surface area contributed by atoms with Gasteiger partial charge in [-0.05, 0) is 80.3 Å². The van der Waals surface area contributed by atoms with Crippen LogP contribution in [0.3, 0.4) is 0 Å². The number of carboxylic acids is 1. The Labute approximate surface area is 237 Å². The molecule has 2 N–H and O–H groups in total. The molecule has 6 nitrogen and oxygen atoms in total. The third-order valence-electron chi connectivity index (χ3n) is 5.50. The summed E-state index contributed by atoms with van der Waals surface area (Å²) >= 11 is 0. The average Bonchev–Trinajstić information content (AvgIpc) is 2.96. The fraction of sp³-hybridized carbons (Fsp3) is 0.303. The summed E-state index contributed by atoms with van der Waals surface area (Å²) in [5, 5.41) is 11.8. The van der Waals surface area contributed by atoms with Crippen LogP contribution in [0.2, 0.25) is 0 Å². The number of amides is 1. The van der Waals surface area contributed by atoms with Gasteiger partial charge < -0.3 is 15.2 Å². The highest BCUT2D eigenvalue weighted by atomic mass is 19.1. The minimum Gasteiger partial charge on any atom is -0.478 e. The summed E-state index contributed by atoms with van der Waals surface area (Å²) in [7, 11) is 0. The molecule has 1 aromatic heterocycles. The zero-order valence-electron chi connectivity index (χ0n) is 24.3. The zero-order valence-corrected chi connectivity index (χ0v) is 24.3. The molecule has 0 spiro atoms. The normalized spacial score (nSPS) is 10.9. The van der Waals surface area contributed by atoms with Gasteiger partial charge in [0.05, 0.1) is 11.3 Å². The Balaban J connectivity index is 0.000000512. The molecule has 0 radical (unpaired) electrons. The van der Waals surface area contributed by atoms with E-state index in [2.05, 4.69) is 17.2 Å². The number of carbonyl (C=O) groups excluding carboxylic acids is 1. The van der Waals surface area contributed by atoms with Crippen molar-refractivity contribution >= 4 is 23.6 Å². The molecule has 3 rings (SSSR count). The number of nitrogens with zero attached hydrogens (tertiary/aromatic N) is 1. The zero-order chi connectivity index (χ0) is 29.9. The lowest BCUT2D eigenvalue weighted by Gasteiger charge is -2.10. The number of aromatic nitrogens is 1. The number of anilines is 1. The van der Waals surface area contributed by atoms with Crippen molar-refractivity contribution in [3.63, 3.8) is 0 Å². The van der Waals surface area contributed by atoms with Crippen LogP contribution in [0.5, 0.6) is 11.5 Å². The lowest BCUT2D eigenvalue weighted by atomic mass is 10.0. The lowest BCUT2D eigenvalue weighted by molar-refractivity contribution is -0.132. The summed E-state index contributed by atoms with van der Waals surface area (Å²) in [6.45, 7) is 11.8. The Hall–Kier alpha value is -4.26. The van der Waals surface area contributed by atoms with E-state index in [1.807, 2.05) is 33.8 Å². The van der Waals surface area contributed by atoms with Crippen LogP contribution in [0, 0.1) is 12.7 Å². The number of hydrogen-bond acceptors (Lipinski definition) is 4. The number of ether oxygens (including phenoxy) is 1. The van der Waals surface area contributed by atoms with Crippen LogP contribution >= 0.6 is 0 Å². The number of nitrogens with one attached hydrogen (secondary N) is 1. The minimum atomic E-state index is -0.970. The third kappa shape index (κ3) is 11.6. The number of pyridine rings is 1. The number of rotatable bonds is 11. The summed E-state index contributed by atoms with van der Waals surface area (Å²) in [5.41, 5.74) is 4.39. The molecule has 0 fully saturated rings. The Kier molecular flexibility index (Phi) is 16.0. The van der Waals surface area contributed by atoms with Gasteiger partial charge in [-0.1, -0.05) is 64.3 Å². The molecule has 1 amide bonds. The fourth-order valence-electron chi connectivity index (χ4n) is 3.64. The summed E-state index contributed by atoms with van der Waals surface area (Å²) in [4.78, 5) is 26.1. The average molecular weight is 549 g/mol. The standard InChI is InChI=1S/C21H22N2O4.C10H13F.C2H6/c1-3-5-16(12-15(4-2)21(25)26)20-13-19(10-11-22-20)27-18-8-6-17(7-9-18)23-14-24;1-3-4-9-7-8(2)5-6-10(9)11;1-2/h4,6-14H,3,5H2,1-2H3,(H,23,24)(H,25,26);5-7H,3-4H2,1-2H3;1-2H3/b15-4+,16-12+;;. The Morgan fingerprint density at radius 3 is 2.30 bits per heavy atom. The van der Waals surface area contributed by atoms with E-state index in [4.69, 9.17) is 4.74 Å². The monoisotopic (exact) mass is 548 g/mol. The number of hydrogen-bond donors (Lipinski definition) is 2. The predicted octanol–water partition coefficient (Wildman–Crippen LogP) is 8.77. The second-order valence-corrected chi connectivity index (χ2v) is 8.58. The first-order valence-electron chi connectivity index (χ1n) is 13.6. The van der Waals surface area contributed by atoms with E-state index >= 15 is 0 Å². The molecule has 0 aliphatic carbocycles. The number of carbonyl (C=O) groups is 2. The molecular formula is C33H41FN2O4. The fourth-order valence-corrected chi connectivity index (χ4v) is 3.64. The molecule has 2 aromatic carbocycles. The van der Waals surface area contributed by atoms with Crippen molar-refractivity contribution in [1.82, 2.24) is 4.98 Å². The van der Waals surface area contributed by atoms with E-state index in [1.165, 1.54) is 0 Å². The Morgan fingerprint density at radius 2 is 1.73 bits per heavy atom. The van der Waals surface area contributed by atoms with Crippen LogP contribution in [0.15, 0.2) is 78.5 Å². The lowest BCUT2D eigenvalue weighted by Crippen LogP contribution is -1.99.